The van der Waals surface area contributed by atoms with Crippen molar-refractivity contribution in [2.75, 3.05) is 13.1 Å². The number of benzene rings is 1. The number of nitrogens with zero attached hydrogens (tertiary/aromatic N) is 5. The number of aromatic nitrogens is 4. The first kappa shape index (κ1) is 13.2. The van der Waals surface area contributed by atoms with Crippen molar-refractivity contribution in [3.05, 3.63) is 54.2 Å². The maximum atomic E-state index is 5.38. The lowest BCUT2D eigenvalue weighted by Crippen LogP contribution is -2.47. The lowest BCUT2D eigenvalue weighted by molar-refractivity contribution is 0.0791. The molecule has 2 aromatic heterocycles. The largest absolute Gasteiger partial charge is 0.338 e. The Morgan fingerprint density at radius 2 is 2.09 bits per heavy atom. The molecule has 1 aliphatic rings. The van der Waals surface area contributed by atoms with Crippen LogP contribution in [0.3, 0.4) is 0 Å². The van der Waals surface area contributed by atoms with Gasteiger partial charge in [-0.3, -0.25) is 9.58 Å². The summed E-state index contributed by atoms with van der Waals surface area (Å²) in [4.78, 5) is 6.79. The van der Waals surface area contributed by atoms with Gasteiger partial charge in [-0.25, -0.2) is 0 Å². The first-order valence-corrected chi connectivity index (χ1v) is 7.39. The standard InChI is InChI=1S/C16H17N5O/c1-12-5-2-3-6-14(12)16-18-15(22-19-16)11-20-9-13(10-20)21-8-4-7-17-21/h2-8,13H,9-11H2,1H3. The number of hydrogen-bond acceptors (Lipinski definition) is 5. The van der Waals surface area contributed by atoms with E-state index in [9.17, 15) is 0 Å². The Hall–Kier alpha value is -2.47. The summed E-state index contributed by atoms with van der Waals surface area (Å²) < 4.78 is 7.38. The summed E-state index contributed by atoms with van der Waals surface area (Å²) in [5.41, 5.74) is 2.17. The fraction of sp³-hybridized carbons (Fsp3) is 0.312. The smallest absolute Gasteiger partial charge is 0.241 e. The van der Waals surface area contributed by atoms with Crippen molar-refractivity contribution in [2.45, 2.75) is 19.5 Å². The maximum absolute atomic E-state index is 5.38. The van der Waals surface area contributed by atoms with Gasteiger partial charge in [0.1, 0.15) is 0 Å². The molecule has 0 saturated carbocycles. The molecule has 0 bridgehead atoms. The van der Waals surface area contributed by atoms with Crippen molar-refractivity contribution >= 4 is 0 Å². The van der Waals surface area contributed by atoms with Crippen LogP contribution in [0.5, 0.6) is 0 Å². The molecule has 6 heteroatoms. The van der Waals surface area contributed by atoms with E-state index in [2.05, 4.69) is 33.1 Å². The van der Waals surface area contributed by atoms with E-state index in [-0.39, 0.29) is 0 Å². The highest BCUT2D eigenvalue weighted by atomic mass is 16.5. The zero-order valence-electron chi connectivity index (χ0n) is 12.4. The zero-order chi connectivity index (χ0) is 14.9. The van der Waals surface area contributed by atoms with Crippen LogP contribution >= 0.6 is 0 Å². The summed E-state index contributed by atoms with van der Waals surface area (Å²) in [6.45, 7) is 4.67. The van der Waals surface area contributed by atoms with Gasteiger partial charge in [0.15, 0.2) is 0 Å². The Kier molecular flexibility index (Phi) is 3.23. The molecule has 1 aliphatic heterocycles. The third-order valence-corrected chi connectivity index (χ3v) is 4.05. The van der Waals surface area contributed by atoms with E-state index in [4.69, 9.17) is 4.52 Å². The molecular weight excluding hydrogens is 278 g/mol. The lowest BCUT2D eigenvalue weighted by Gasteiger charge is -2.38. The Labute approximate surface area is 128 Å². The summed E-state index contributed by atoms with van der Waals surface area (Å²) in [6.07, 6.45) is 3.82. The SMILES string of the molecule is Cc1ccccc1-c1noc(CN2CC(n3cccn3)C2)n1. The predicted molar refractivity (Wildman–Crippen MR) is 81.0 cm³/mol. The topological polar surface area (TPSA) is 60.0 Å². The fourth-order valence-corrected chi connectivity index (χ4v) is 2.78. The van der Waals surface area contributed by atoms with Crippen molar-refractivity contribution in [3.8, 4) is 11.4 Å². The van der Waals surface area contributed by atoms with Gasteiger partial charge in [-0.2, -0.15) is 10.1 Å². The van der Waals surface area contributed by atoms with Crippen molar-refractivity contribution in [3.63, 3.8) is 0 Å². The molecule has 3 aromatic rings. The van der Waals surface area contributed by atoms with Crippen LogP contribution in [0, 0.1) is 6.92 Å². The van der Waals surface area contributed by atoms with Crippen LogP contribution in [-0.4, -0.2) is 37.9 Å². The normalized spacial score (nSPS) is 15.9. The molecule has 0 radical (unpaired) electrons. The second-order valence-corrected chi connectivity index (χ2v) is 5.66. The van der Waals surface area contributed by atoms with Gasteiger partial charge in [-0.1, -0.05) is 29.4 Å². The Balaban J connectivity index is 1.40. The van der Waals surface area contributed by atoms with Gasteiger partial charge in [0.2, 0.25) is 11.7 Å². The van der Waals surface area contributed by atoms with Crippen LogP contribution in [0.25, 0.3) is 11.4 Å². The molecule has 0 N–H and O–H groups in total. The molecule has 4 rings (SSSR count). The molecule has 6 nitrogen and oxygen atoms in total. The van der Waals surface area contributed by atoms with Gasteiger partial charge >= 0.3 is 0 Å². The van der Waals surface area contributed by atoms with Crippen LogP contribution in [0.15, 0.2) is 47.2 Å². The van der Waals surface area contributed by atoms with Crippen LogP contribution in [0.2, 0.25) is 0 Å². The molecular formula is C16H17N5O. The minimum Gasteiger partial charge on any atom is -0.338 e. The minimum absolute atomic E-state index is 0.453. The Bertz CT molecular complexity index is 758. The number of hydrogen-bond donors (Lipinski definition) is 0. The molecule has 0 aliphatic carbocycles. The monoisotopic (exact) mass is 295 g/mol. The van der Waals surface area contributed by atoms with Crippen molar-refractivity contribution in [1.29, 1.82) is 0 Å². The molecule has 1 fully saturated rings. The van der Waals surface area contributed by atoms with Crippen molar-refractivity contribution in [2.24, 2.45) is 0 Å². The molecule has 1 saturated heterocycles. The van der Waals surface area contributed by atoms with Gasteiger partial charge in [0, 0.05) is 31.0 Å². The maximum Gasteiger partial charge on any atom is 0.241 e. The van der Waals surface area contributed by atoms with Crippen LogP contribution in [0.4, 0.5) is 0 Å². The first-order valence-electron chi connectivity index (χ1n) is 7.39. The average Bonchev–Trinajstić information content (AvgIpc) is 3.14. The molecule has 0 atom stereocenters. The van der Waals surface area contributed by atoms with Crippen molar-refractivity contribution in [1.82, 2.24) is 24.8 Å². The van der Waals surface area contributed by atoms with E-state index in [1.807, 2.05) is 41.3 Å². The molecule has 1 aromatic carbocycles. The number of rotatable bonds is 4. The van der Waals surface area contributed by atoms with E-state index in [0.29, 0.717) is 24.3 Å². The molecule has 3 heterocycles. The predicted octanol–water partition coefficient (Wildman–Crippen LogP) is 2.30. The van der Waals surface area contributed by atoms with E-state index in [1.165, 1.54) is 0 Å². The second-order valence-electron chi connectivity index (χ2n) is 5.66. The Morgan fingerprint density at radius 1 is 1.23 bits per heavy atom. The third-order valence-electron chi connectivity index (χ3n) is 4.05. The van der Waals surface area contributed by atoms with Gasteiger partial charge < -0.3 is 4.52 Å². The van der Waals surface area contributed by atoms with Crippen molar-refractivity contribution < 1.29 is 4.52 Å². The quantitative estimate of drug-likeness (QED) is 0.739. The second kappa shape index (κ2) is 5.38. The molecule has 22 heavy (non-hydrogen) atoms. The minimum atomic E-state index is 0.453. The fourth-order valence-electron chi connectivity index (χ4n) is 2.78. The highest BCUT2D eigenvalue weighted by Crippen LogP contribution is 2.24. The molecule has 0 spiro atoms. The zero-order valence-corrected chi connectivity index (χ0v) is 12.4. The Morgan fingerprint density at radius 3 is 2.86 bits per heavy atom. The van der Waals surface area contributed by atoms with E-state index in [1.54, 1.807) is 0 Å². The highest BCUT2D eigenvalue weighted by molar-refractivity contribution is 5.58. The van der Waals surface area contributed by atoms with Crippen LogP contribution in [-0.2, 0) is 6.54 Å². The highest BCUT2D eigenvalue weighted by Gasteiger charge is 2.29. The lowest BCUT2D eigenvalue weighted by atomic mass is 10.1. The summed E-state index contributed by atoms with van der Waals surface area (Å²) in [7, 11) is 0. The van der Waals surface area contributed by atoms with E-state index >= 15 is 0 Å². The summed E-state index contributed by atoms with van der Waals surface area (Å²) in [5, 5.41) is 8.37. The van der Waals surface area contributed by atoms with Crippen LogP contribution < -0.4 is 0 Å². The van der Waals surface area contributed by atoms with Gasteiger partial charge in [-0.15, -0.1) is 0 Å². The number of aryl methyl sites for hydroxylation is 1. The number of likely N-dealkylation sites (tertiary alicyclic amines) is 1. The average molecular weight is 295 g/mol. The summed E-state index contributed by atoms with van der Waals surface area (Å²) in [5.74, 6) is 1.33. The summed E-state index contributed by atoms with van der Waals surface area (Å²) in [6, 6.07) is 10.5. The first-order chi connectivity index (χ1) is 10.8. The van der Waals surface area contributed by atoms with E-state index < -0.39 is 0 Å². The van der Waals surface area contributed by atoms with Gasteiger partial charge in [0.25, 0.3) is 0 Å². The third kappa shape index (κ3) is 2.42. The van der Waals surface area contributed by atoms with Crippen LogP contribution in [0.1, 0.15) is 17.5 Å². The molecule has 112 valence electrons. The van der Waals surface area contributed by atoms with Gasteiger partial charge in [-0.05, 0) is 18.6 Å². The summed E-state index contributed by atoms with van der Waals surface area (Å²) >= 11 is 0. The molecule has 0 unspecified atom stereocenters. The molecule has 0 amide bonds. The van der Waals surface area contributed by atoms with Gasteiger partial charge in [0.05, 0.1) is 12.6 Å². The van der Waals surface area contributed by atoms with E-state index in [0.717, 1.165) is 24.2 Å².